The van der Waals surface area contributed by atoms with E-state index in [-0.39, 0.29) is 35.9 Å². The van der Waals surface area contributed by atoms with Gasteiger partial charge >= 0.3 is 0 Å². The smallest absolute Gasteiger partial charge is 0.226 e. The highest BCUT2D eigenvalue weighted by atomic mass is 19.1. The van der Waals surface area contributed by atoms with Crippen LogP contribution in [0.4, 0.5) is 8.78 Å². The molecule has 2 fully saturated rings. The number of halogens is 2. The highest BCUT2D eigenvalue weighted by Crippen LogP contribution is 2.32. The van der Waals surface area contributed by atoms with Gasteiger partial charge in [-0.1, -0.05) is 0 Å². The largest absolute Gasteiger partial charge is 0.337 e. The van der Waals surface area contributed by atoms with Crippen LogP contribution in [0, 0.1) is 25.6 Å². The average Bonchev–Trinajstić information content (AvgIpc) is 2.75. The van der Waals surface area contributed by atoms with Crippen LogP contribution in [0.1, 0.15) is 52.5 Å². The fourth-order valence-corrected chi connectivity index (χ4v) is 4.78. The Bertz CT molecular complexity index is 1030. The Hall–Kier alpha value is -2.67. The molecule has 1 aromatic carbocycles. The second-order valence-corrected chi connectivity index (χ2v) is 9.52. The van der Waals surface area contributed by atoms with Crippen LogP contribution < -0.4 is 0 Å². The van der Waals surface area contributed by atoms with Crippen molar-refractivity contribution in [3.63, 3.8) is 0 Å². The zero-order chi connectivity index (χ0) is 23.7. The molecular weight excluding hydrogens is 424 g/mol. The summed E-state index contributed by atoms with van der Waals surface area (Å²) in [6.07, 6.45) is 1.53. The van der Waals surface area contributed by atoms with E-state index < -0.39 is 6.17 Å². The van der Waals surface area contributed by atoms with E-state index in [1.807, 2.05) is 25.7 Å². The van der Waals surface area contributed by atoms with Crippen LogP contribution in [0.2, 0.25) is 0 Å². The molecule has 1 atom stereocenters. The molecule has 0 bridgehead atoms. The van der Waals surface area contributed by atoms with E-state index in [0.717, 1.165) is 16.8 Å². The molecule has 0 unspecified atom stereocenters. The number of benzene rings is 1. The third kappa shape index (κ3) is 5.29. The molecule has 4 rings (SSSR count). The number of pyridine rings is 1. The number of Topliss-reactive ketones (excluding diaryl/α,β-unsaturated/α-hetero) is 1. The molecule has 1 saturated heterocycles. The number of rotatable bonds is 6. The van der Waals surface area contributed by atoms with E-state index >= 15 is 0 Å². The maximum atomic E-state index is 14.5. The van der Waals surface area contributed by atoms with Gasteiger partial charge in [-0.3, -0.25) is 19.5 Å². The van der Waals surface area contributed by atoms with Gasteiger partial charge in [0.15, 0.2) is 5.78 Å². The van der Waals surface area contributed by atoms with Gasteiger partial charge in [0.25, 0.3) is 0 Å². The molecule has 0 radical (unpaired) electrons. The van der Waals surface area contributed by atoms with Crippen LogP contribution in [0.15, 0.2) is 30.5 Å². The topological polar surface area (TPSA) is 53.5 Å². The first kappa shape index (κ1) is 23.5. The molecule has 1 amide bonds. The van der Waals surface area contributed by atoms with Crippen molar-refractivity contribution in [1.82, 2.24) is 14.8 Å². The van der Waals surface area contributed by atoms with Crippen LogP contribution in [0.25, 0.3) is 0 Å². The number of ketones is 1. The van der Waals surface area contributed by atoms with Gasteiger partial charge < -0.3 is 4.90 Å². The van der Waals surface area contributed by atoms with Gasteiger partial charge in [0, 0.05) is 62.0 Å². The van der Waals surface area contributed by atoms with Crippen LogP contribution in [-0.4, -0.2) is 58.3 Å². The van der Waals surface area contributed by atoms with Crippen LogP contribution in [0.5, 0.6) is 0 Å². The Kier molecular flexibility index (Phi) is 6.88. The SMILES string of the molecule is Cc1ccc(C(=O)Cc2cc(F)cc(CN3CCN(C(=O)C4CC(F)C4)[C@@H](C)C3)c2C)cn1. The van der Waals surface area contributed by atoms with Gasteiger partial charge in [0.2, 0.25) is 5.91 Å². The Balaban J connectivity index is 1.41. The fourth-order valence-electron chi connectivity index (χ4n) is 4.78. The van der Waals surface area contributed by atoms with Gasteiger partial charge in [0.1, 0.15) is 12.0 Å². The number of alkyl halides is 1. The van der Waals surface area contributed by atoms with Gasteiger partial charge in [0.05, 0.1) is 0 Å². The summed E-state index contributed by atoms with van der Waals surface area (Å²) in [6.45, 7) is 8.30. The normalized spacial score (nSPS) is 23.3. The molecule has 0 N–H and O–H groups in total. The number of nitrogens with zero attached hydrogens (tertiary/aromatic N) is 3. The Morgan fingerprint density at radius 2 is 1.85 bits per heavy atom. The van der Waals surface area contributed by atoms with Crippen molar-refractivity contribution in [2.24, 2.45) is 5.92 Å². The lowest BCUT2D eigenvalue weighted by atomic mass is 9.82. The molecule has 1 aromatic heterocycles. The third-order valence-corrected chi connectivity index (χ3v) is 6.99. The van der Waals surface area contributed by atoms with E-state index in [1.165, 1.54) is 12.1 Å². The molecule has 33 heavy (non-hydrogen) atoms. The third-order valence-electron chi connectivity index (χ3n) is 6.99. The summed E-state index contributed by atoms with van der Waals surface area (Å²) >= 11 is 0. The number of hydrogen-bond acceptors (Lipinski definition) is 4. The summed E-state index contributed by atoms with van der Waals surface area (Å²) < 4.78 is 27.6. The molecule has 1 aliphatic heterocycles. The van der Waals surface area contributed by atoms with Crippen molar-refractivity contribution < 1.29 is 18.4 Å². The lowest BCUT2D eigenvalue weighted by Gasteiger charge is -2.43. The lowest BCUT2D eigenvalue weighted by Crippen LogP contribution is -2.56. The molecule has 2 aliphatic rings. The van der Waals surface area contributed by atoms with Crippen molar-refractivity contribution in [3.8, 4) is 0 Å². The van der Waals surface area contributed by atoms with Gasteiger partial charge in [-0.2, -0.15) is 0 Å². The number of aromatic nitrogens is 1. The summed E-state index contributed by atoms with van der Waals surface area (Å²) in [7, 11) is 0. The number of carbonyl (C=O) groups is 2. The van der Waals surface area contributed by atoms with Gasteiger partial charge in [-0.05, 0) is 74.6 Å². The number of piperazine rings is 1. The summed E-state index contributed by atoms with van der Waals surface area (Å²) in [6, 6.07) is 6.54. The predicted octanol–water partition coefficient (Wildman–Crippen LogP) is 4.04. The molecule has 2 heterocycles. The second kappa shape index (κ2) is 9.67. The van der Waals surface area contributed by atoms with Crippen molar-refractivity contribution in [1.29, 1.82) is 0 Å². The molecule has 7 heteroatoms. The maximum Gasteiger partial charge on any atom is 0.226 e. The first-order valence-electron chi connectivity index (χ1n) is 11.6. The van der Waals surface area contributed by atoms with E-state index in [4.69, 9.17) is 0 Å². The maximum absolute atomic E-state index is 14.5. The van der Waals surface area contributed by atoms with E-state index in [0.29, 0.717) is 50.1 Å². The van der Waals surface area contributed by atoms with E-state index in [2.05, 4.69) is 9.88 Å². The van der Waals surface area contributed by atoms with Crippen LogP contribution in [0.3, 0.4) is 0 Å². The predicted molar refractivity (Wildman–Crippen MR) is 122 cm³/mol. The van der Waals surface area contributed by atoms with Crippen LogP contribution in [-0.2, 0) is 17.8 Å². The first-order valence-corrected chi connectivity index (χ1v) is 11.6. The minimum atomic E-state index is -0.838. The summed E-state index contributed by atoms with van der Waals surface area (Å²) in [5.41, 5.74) is 3.81. The molecule has 1 saturated carbocycles. The summed E-state index contributed by atoms with van der Waals surface area (Å²) in [5, 5.41) is 0. The second-order valence-electron chi connectivity index (χ2n) is 9.52. The molecule has 0 spiro atoms. The average molecular weight is 456 g/mol. The quantitative estimate of drug-likeness (QED) is 0.617. The van der Waals surface area contributed by atoms with Crippen molar-refractivity contribution in [2.45, 2.75) is 58.8 Å². The highest BCUT2D eigenvalue weighted by molar-refractivity contribution is 5.97. The molecular formula is C26H31F2N3O2. The number of carbonyl (C=O) groups excluding carboxylic acids is 2. The molecule has 1 aliphatic carbocycles. The minimum absolute atomic E-state index is 0.0221. The molecule has 176 valence electrons. The van der Waals surface area contributed by atoms with Crippen molar-refractivity contribution in [2.75, 3.05) is 19.6 Å². The first-order chi connectivity index (χ1) is 15.7. The van der Waals surface area contributed by atoms with E-state index in [1.54, 1.807) is 18.3 Å². The Labute approximate surface area is 193 Å². The van der Waals surface area contributed by atoms with Gasteiger partial charge in [-0.15, -0.1) is 0 Å². The summed E-state index contributed by atoms with van der Waals surface area (Å²) in [5.74, 6) is -0.560. The molecule has 2 aromatic rings. The fraction of sp³-hybridized carbons (Fsp3) is 0.500. The summed E-state index contributed by atoms with van der Waals surface area (Å²) in [4.78, 5) is 33.6. The number of aryl methyl sites for hydroxylation is 1. The standard InChI is InChI=1S/C26H31F2N3O2/c1-16-4-5-19(13-29-16)25(32)12-20-8-23(27)11-22(18(20)3)15-30-6-7-31(17(2)14-30)26(33)21-9-24(28)10-21/h4-5,8,11,13,17,21,24H,6-7,9-10,12,14-15H2,1-3H3/t17-,21?,24?/m0/s1. The Morgan fingerprint density at radius 3 is 2.48 bits per heavy atom. The zero-order valence-electron chi connectivity index (χ0n) is 19.5. The number of hydrogen-bond donors (Lipinski definition) is 0. The molecule has 5 nitrogen and oxygen atoms in total. The lowest BCUT2D eigenvalue weighted by molar-refractivity contribution is -0.145. The van der Waals surface area contributed by atoms with Crippen LogP contribution >= 0.6 is 0 Å². The monoisotopic (exact) mass is 455 g/mol. The highest BCUT2D eigenvalue weighted by Gasteiger charge is 2.39. The van der Waals surface area contributed by atoms with Crippen molar-refractivity contribution >= 4 is 11.7 Å². The zero-order valence-corrected chi connectivity index (χ0v) is 19.5. The van der Waals surface area contributed by atoms with Crippen molar-refractivity contribution in [3.05, 3.63) is 64.2 Å². The number of amides is 1. The Morgan fingerprint density at radius 1 is 1.12 bits per heavy atom. The van der Waals surface area contributed by atoms with E-state index in [9.17, 15) is 18.4 Å². The minimum Gasteiger partial charge on any atom is -0.337 e. The van der Waals surface area contributed by atoms with Gasteiger partial charge in [-0.25, -0.2) is 8.78 Å².